The van der Waals surface area contributed by atoms with Gasteiger partial charge in [0.2, 0.25) is 11.8 Å². The maximum absolute atomic E-state index is 13.0. The van der Waals surface area contributed by atoms with Crippen molar-refractivity contribution < 1.29 is 9.59 Å². The standard InChI is InChI=1S/C27H35N5O2/c33-26(31-15-13-30(14-16-31)23-9-5-2-6-10-23)12-11-24-19-29-27(34)25-17-22(20-32(24)25)28-18-21-7-3-1-4-8-21/h1-10,22,24-25,28H,11-20H2,(H,29,34). The van der Waals surface area contributed by atoms with Gasteiger partial charge in [-0.2, -0.15) is 0 Å². The Morgan fingerprint density at radius 3 is 2.41 bits per heavy atom. The van der Waals surface area contributed by atoms with E-state index in [1.54, 1.807) is 0 Å². The number of amides is 2. The molecule has 3 saturated heterocycles. The molecule has 0 aliphatic carbocycles. The van der Waals surface area contributed by atoms with Crippen LogP contribution >= 0.6 is 0 Å². The molecule has 3 heterocycles. The average Bonchev–Trinajstić information content (AvgIpc) is 3.34. The normalized spacial score (nSPS) is 25.2. The van der Waals surface area contributed by atoms with E-state index in [0.29, 0.717) is 19.0 Å². The summed E-state index contributed by atoms with van der Waals surface area (Å²) in [7, 11) is 0. The second-order valence-corrected chi connectivity index (χ2v) is 9.65. The summed E-state index contributed by atoms with van der Waals surface area (Å²) < 4.78 is 0. The summed E-state index contributed by atoms with van der Waals surface area (Å²) in [6.45, 7) is 5.59. The summed E-state index contributed by atoms with van der Waals surface area (Å²) >= 11 is 0. The zero-order valence-electron chi connectivity index (χ0n) is 19.7. The number of nitrogens with zero attached hydrogens (tertiary/aromatic N) is 3. The Kier molecular flexibility index (Phi) is 7.11. The molecule has 7 nitrogen and oxygen atoms in total. The van der Waals surface area contributed by atoms with Gasteiger partial charge in [0, 0.05) is 70.0 Å². The Morgan fingerprint density at radius 2 is 1.68 bits per heavy atom. The Morgan fingerprint density at radius 1 is 0.971 bits per heavy atom. The van der Waals surface area contributed by atoms with Crippen LogP contribution in [0.15, 0.2) is 60.7 Å². The molecule has 3 atom stereocenters. The number of rotatable bonds is 7. The van der Waals surface area contributed by atoms with Crippen molar-refractivity contribution in [2.75, 3.05) is 44.2 Å². The Bertz CT molecular complexity index is 962. The third-order valence-electron chi connectivity index (χ3n) is 7.51. The molecule has 0 saturated carbocycles. The first-order valence-corrected chi connectivity index (χ1v) is 12.6. The van der Waals surface area contributed by atoms with E-state index in [1.165, 1.54) is 11.3 Å². The van der Waals surface area contributed by atoms with Crippen LogP contribution in [0.1, 0.15) is 24.8 Å². The molecule has 3 aliphatic heterocycles. The first kappa shape index (κ1) is 22.9. The minimum Gasteiger partial charge on any atom is -0.368 e. The van der Waals surface area contributed by atoms with Crippen LogP contribution in [0.3, 0.4) is 0 Å². The lowest BCUT2D eigenvalue weighted by Gasteiger charge is -2.38. The molecule has 3 unspecified atom stereocenters. The van der Waals surface area contributed by atoms with Gasteiger partial charge in [0.15, 0.2) is 0 Å². The van der Waals surface area contributed by atoms with Gasteiger partial charge in [-0.25, -0.2) is 0 Å². The van der Waals surface area contributed by atoms with Crippen molar-refractivity contribution in [3.8, 4) is 0 Å². The minimum atomic E-state index is -0.0865. The number of piperazine rings is 2. The first-order valence-electron chi connectivity index (χ1n) is 12.6. The maximum atomic E-state index is 13.0. The van der Waals surface area contributed by atoms with Crippen molar-refractivity contribution in [2.24, 2.45) is 0 Å². The Hall–Kier alpha value is -2.90. The lowest BCUT2D eigenvalue weighted by atomic mass is 10.0. The fourth-order valence-electron chi connectivity index (χ4n) is 5.55. The molecule has 3 aliphatic rings. The van der Waals surface area contributed by atoms with E-state index < -0.39 is 0 Å². The highest BCUT2D eigenvalue weighted by atomic mass is 16.2. The highest BCUT2D eigenvalue weighted by molar-refractivity contribution is 5.83. The second-order valence-electron chi connectivity index (χ2n) is 9.65. The topological polar surface area (TPSA) is 67.9 Å². The summed E-state index contributed by atoms with van der Waals surface area (Å²) in [6, 6.07) is 21.2. The lowest BCUT2D eigenvalue weighted by molar-refractivity contribution is -0.132. The van der Waals surface area contributed by atoms with Crippen molar-refractivity contribution in [3.63, 3.8) is 0 Å². The quantitative estimate of drug-likeness (QED) is 0.659. The molecular weight excluding hydrogens is 426 g/mol. The fourth-order valence-corrected chi connectivity index (χ4v) is 5.55. The van der Waals surface area contributed by atoms with Crippen LogP contribution < -0.4 is 15.5 Å². The highest BCUT2D eigenvalue weighted by Crippen LogP contribution is 2.26. The van der Waals surface area contributed by atoms with Gasteiger partial charge < -0.3 is 20.4 Å². The van der Waals surface area contributed by atoms with Crippen LogP contribution in [0.4, 0.5) is 5.69 Å². The fraction of sp³-hybridized carbons (Fsp3) is 0.481. The summed E-state index contributed by atoms with van der Waals surface area (Å²) in [5.41, 5.74) is 2.48. The van der Waals surface area contributed by atoms with Crippen LogP contribution in [0.2, 0.25) is 0 Å². The molecule has 2 amide bonds. The van der Waals surface area contributed by atoms with E-state index in [2.05, 4.69) is 69.0 Å². The van der Waals surface area contributed by atoms with Gasteiger partial charge in [-0.15, -0.1) is 0 Å². The summed E-state index contributed by atoms with van der Waals surface area (Å²) in [4.78, 5) is 32.2. The van der Waals surface area contributed by atoms with E-state index in [9.17, 15) is 9.59 Å². The minimum absolute atomic E-state index is 0.0865. The average molecular weight is 462 g/mol. The van der Waals surface area contributed by atoms with Crippen molar-refractivity contribution >= 4 is 17.5 Å². The van der Waals surface area contributed by atoms with E-state index in [4.69, 9.17) is 0 Å². The zero-order chi connectivity index (χ0) is 23.3. The molecule has 180 valence electrons. The molecule has 0 bridgehead atoms. The Labute approximate surface area is 202 Å². The van der Waals surface area contributed by atoms with Gasteiger partial charge in [0.25, 0.3) is 0 Å². The molecule has 2 aromatic rings. The molecular formula is C27H35N5O2. The predicted molar refractivity (Wildman–Crippen MR) is 133 cm³/mol. The molecule has 0 aromatic heterocycles. The van der Waals surface area contributed by atoms with Crippen LogP contribution in [0.25, 0.3) is 0 Å². The number of hydrogen-bond acceptors (Lipinski definition) is 5. The van der Waals surface area contributed by atoms with Gasteiger partial charge in [0.1, 0.15) is 0 Å². The van der Waals surface area contributed by atoms with Crippen molar-refractivity contribution in [1.29, 1.82) is 0 Å². The number of benzene rings is 2. The lowest BCUT2D eigenvalue weighted by Crippen LogP contribution is -2.58. The third kappa shape index (κ3) is 5.26. The zero-order valence-corrected chi connectivity index (χ0v) is 19.7. The maximum Gasteiger partial charge on any atom is 0.237 e. The number of para-hydroxylation sites is 1. The van der Waals surface area contributed by atoms with Gasteiger partial charge in [-0.1, -0.05) is 48.5 Å². The van der Waals surface area contributed by atoms with Gasteiger partial charge in [-0.3, -0.25) is 14.5 Å². The number of carbonyl (C=O) groups excluding carboxylic acids is 2. The monoisotopic (exact) mass is 461 g/mol. The van der Waals surface area contributed by atoms with E-state index in [0.717, 1.165) is 52.1 Å². The number of nitrogens with one attached hydrogen (secondary N) is 2. The van der Waals surface area contributed by atoms with Gasteiger partial charge in [0.05, 0.1) is 6.04 Å². The van der Waals surface area contributed by atoms with Crippen molar-refractivity contribution in [2.45, 2.75) is 43.9 Å². The summed E-state index contributed by atoms with van der Waals surface area (Å²) in [5, 5.41) is 6.71. The molecule has 7 heteroatoms. The van der Waals surface area contributed by atoms with Gasteiger partial charge >= 0.3 is 0 Å². The van der Waals surface area contributed by atoms with E-state index in [-0.39, 0.29) is 23.9 Å². The van der Waals surface area contributed by atoms with Crippen LogP contribution in [-0.2, 0) is 16.1 Å². The second kappa shape index (κ2) is 10.6. The van der Waals surface area contributed by atoms with Crippen molar-refractivity contribution in [3.05, 3.63) is 66.2 Å². The van der Waals surface area contributed by atoms with Gasteiger partial charge in [-0.05, 0) is 30.5 Å². The number of carbonyl (C=O) groups is 2. The first-order chi connectivity index (χ1) is 16.7. The SMILES string of the molecule is O=C1NCC(CCC(=O)N2CCN(c3ccccc3)CC2)N2CC(NCc3ccccc3)CC12. The van der Waals surface area contributed by atoms with Crippen LogP contribution in [-0.4, -0.2) is 79.0 Å². The molecule has 0 radical (unpaired) electrons. The van der Waals surface area contributed by atoms with Crippen molar-refractivity contribution in [1.82, 2.24) is 20.4 Å². The molecule has 2 N–H and O–H groups in total. The summed E-state index contributed by atoms with van der Waals surface area (Å²) in [5.74, 6) is 0.364. The number of fused-ring (bicyclic) bond motifs is 1. The molecule has 0 spiro atoms. The molecule has 3 fully saturated rings. The largest absolute Gasteiger partial charge is 0.368 e. The third-order valence-corrected chi connectivity index (χ3v) is 7.51. The van der Waals surface area contributed by atoms with E-state index >= 15 is 0 Å². The number of hydrogen-bond donors (Lipinski definition) is 2. The van der Waals surface area contributed by atoms with E-state index in [1.807, 2.05) is 17.0 Å². The highest BCUT2D eigenvalue weighted by Gasteiger charge is 2.43. The summed E-state index contributed by atoms with van der Waals surface area (Å²) in [6.07, 6.45) is 2.15. The predicted octanol–water partition coefficient (Wildman–Crippen LogP) is 1.85. The number of anilines is 1. The molecule has 2 aromatic carbocycles. The molecule has 34 heavy (non-hydrogen) atoms. The molecule has 5 rings (SSSR count). The van der Waals surface area contributed by atoms with Crippen LogP contribution in [0, 0.1) is 0 Å². The van der Waals surface area contributed by atoms with Crippen LogP contribution in [0.5, 0.6) is 0 Å². The smallest absolute Gasteiger partial charge is 0.237 e. The Balaban J connectivity index is 1.10.